The largest absolute Gasteiger partial charge is 0.472 e. The lowest BCUT2D eigenvalue weighted by molar-refractivity contribution is -0.127. The fourth-order valence-electron chi connectivity index (χ4n) is 6.37. The van der Waals surface area contributed by atoms with Crippen molar-refractivity contribution >= 4 is 35.9 Å². The fraction of sp³-hybridized carbons (Fsp3) is 0.324. The number of nitrogens with two attached hydrogens (primary N) is 2. The summed E-state index contributed by atoms with van der Waals surface area (Å²) in [6.07, 6.45) is 5.07. The normalized spacial score (nSPS) is 16.1. The number of nitrogens with zero attached hydrogens (tertiary/aromatic N) is 7. The van der Waals surface area contributed by atoms with Gasteiger partial charge in [0.25, 0.3) is 0 Å². The lowest BCUT2D eigenvalue weighted by Gasteiger charge is -2.35. The van der Waals surface area contributed by atoms with Crippen molar-refractivity contribution in [1.82, 2.24) is 30.6 Å². The minimum Gasteiger partial charge on any atom is -0.472 e. The maximum absolute atomic E-state index is 14.4. The van der Waals surface area contributed by atoms with Crippen LogP contribution in [0.15, 0.2) is 85.1 Å². The van der Waals surface area contributed by atoms with Crippen molar-refractivity contribution < 1.29 is 14.3 Å². The zero-order chi connectivity index (χ0) is 35.0. The molecule has 3 aromatic carbocycles. The minimum absolute atomic E-state index is 0. The molecule has 1 aliphatic rings. The Morgan fingerprint density at radius 1 is 0.941 bits per heavy atom. The summed E-state index contributed by atoms with van der Waals surface area (Å²) in [6, 6.07) is 23.9. The molecule has 0 spiro atoms. The number of H-pyrrole nitrogens is 1. The Labute approximate surface area is 303 Å². The van der Waals surface area contributed by atoms with Gasteiger partial charge in [0.2, 0.25) is 29.5 Å². The van der Waals surface area contributed by atoms with E-state index in [1.165, 1.54) is 0 Å². The molecule has 1 fully saturated rings. The van der Waals surface area contributed by atoms with Crippen molar-refractivity contribution in [1.29, 1.82) is 0 Å². The van der Waals surface area contributed by atoms with Crippen molar-refractivity contribution in [3.05, 3.63) is 96.2 Å². The van der Waals surface area contributed by atoms with E-state index in [-0.39, 0.29) is 30.7 Å². The molecule has 266 valence electrons. The monoisotopic (exact) mass is 710 g/mol. The Morgan fingerprint density at radius 3 is 2.31 bits per heavy atom. The number of amides is 2. The molecule has 51 heavy (non-hydrogen) atoms. The van der Waals surface area contributed by atoms with Gasteiger partial charge in [-0.3, -0.25) is 14.5 Å². The van der Waals surface area contributed by atoms with E-state index in [0.29, 0.717) is 60.8 Å². The number of aromatic nitrogens is 6. The van der Waals surface area contributed by atoms with Gasteiger partial charge in [-0.15, -0.1) is 22.6 Å². The highest BCUT2D eigenvalue weighted by molar-refractivity contribution is 6.01. The third-order valence-corrected chi connectivity index (χ3v) is 9.18. The average Bonchev–Trinajstić information content (AvgIpc) is 3.70. The zero-order valence-corrected chi connectivity index (χ0v) is 29.5. The first-order valence-corrected chi connectivity index (χ1v) is 16.8. The summed E-state index contributed by atoms with van der Waals surface area (Å²) in [5, 5.41) is 14.2. The highest BCUT2D eigenvalue weighted by Crippen LogP contribution is 2.34. The lowest BCUT2D eigenvalue weighted by Crippen LogP contribution is -2.52. The molecule has 2 aromatic heterocycles. The van der Waals surface area contributed by atoms with Crippen LogP contribution < -0.4 is 26.0 Å². The Morgan fingerprint density at radius 2 is 1.67 bits per heavy atom. The van der Waals surface area contributed by atoms with E-state index in [2.05, 4.69) is 25.6 Å². The second kappa shape index (κ2) is 17.0. The summed E-state index contributed by atoms with van der Waals surface area (Å²) in [7, 11) is 3.74. The van der Waals surface area contributed by atoms with Gasteiger partial charge in [0.15, 0.2) is 0 Å². The molecule has 0 saturated heterocycles. The van der Waals surface area contributed by atoms with E-state index in [9.17, 15) is 9.59 Å². The number of ether oxygens (including phenoxy) is 1. The van der Waals surface area contributed by atoms with E-state index < -0.39 is 11.9 Å². The number of rotatable bonds is 13. The van der Waals surface area contributed by atoms with Gasteiger partial charge in [0.1, 0.15) is 12.6 Å². The number of tetrazole rings is 1. The molecule has 14 heteroatoms. The molecule has 0 unspecified atom stereocenters. The van der Waals surface area contributed by atoms with Gasteiger partial charge in [-0.2, -0.15) is 10.2 Å². The van der Waals surface area contributed by atoms with Crippen LogP contribution in [-0.2, 0) is 22.6 Å². The van der Waals surface area contributed by atoms with Gasteiger partial charge >= 0.3 is 0 Å². The van der Waals surface area contributed by atoms with Gasteiger partial charge in [-0.25, -0.2) is 4.98 Å². The van der Waals surface area contributed by atoms with Crippen LogP contribution >= 0.6 is 12.4 Å². The number of primary amides is 1. The SMILES string of the molecule is CN(C)c1ncc(-c2cccc(C[C@@H](C(N)=O)N(C(=O)C3CCC(CN)CC3)c3ccc(-c4nn[nH]n4)cc3)c2)c(OCc2ccccc2)n1.Cl. The number of hydrogen-bond donors (Lipinski definition) is 3. The number of carbonyl (C=O) groups is 2. The van der Waals surface area contributed by atoms with E-state index in [1.54, 1.807) is 35.4 Å². The third kappa shape index (κ3) is 8.86. The summed E-state index contributed by atoms with van der Waals surface area (Å²) < 4.78 is 6.25. The smallest absolute Gasteiger partial charge is 0.240 e. The van der Waals surface area contributed by atoms with Crippen LogP contribution in [0.25, 0.3) is 22.5 Å². The summed E-state index contributed by atoms with van der Waals surface area (Å²) in [6.45, 7) is 0.932. The molecule has 5 aromatic rings. The molecule has 2 heterocycles. The Kier molecular flexibility index (Phi) is 12.3. The number of anilines is 2. The molecular weight excluding hydrogens is 668 g/mol. The molecule has 0 radical (unpaired) electrons. The number of halogens is 1. The van der Waals surface area contributed by atoms with Crippen LogP contribution in [0, 0.1) is 11.8 Å². The minimum atomic E-state index is -0.956. The molecule has 0 aliphatic heterocycles. The maximum atomic E-state index is 14.4. The Bertz CT molecular complexity index is 1880. The first-order valence-electron chi connectivity index (χ1n) is 16.8. The summed E-state index contributed by atoms with van der Waals surface area (Å²) in [5.74, 6) is 0.787. The van der Waals surface area contributed by atoms with E-state index >= 15 is 0 Å². The van der Waals surface area contributed by atoms with Crippen molar-refractivity contribution in [2.24, 2.45) is 23.3 Å². The van der Waals surface area contributed by atoms with Gasteiger partial charge < -0.3 is 21.1 Å². The predicted molar refractivity (Wildman–Crippen MR) is 198 cm³/mol. The second-order valence-corrected chi connectivity index (χ2v) is 12.8. The van der Waals surface area contributed by atoms with Gasteiger partial charge in [-0.1, -0.05) is 54.6 Å². The molecule has 1 atom stereocenters. The number of hydrogen-bond acceptors (Lipinski definition) is 10. The summed E-state index contributed by atoms with van der Waals surface area (Å²) >= 11 is 0. The topological polar surface area (TPSA) is 182 Å². The third-order valence-electron chi connectivity index (χ3n) is 9.18. The van der Waals surface area contributed by atoms with Crippen LogP contribution in [0.2, 0.25) is 0 Å². The van der Waals surface area contributed by atoms with Crippen LogP contribution in [0.4, 0.5) is 11.6 Å². The second-order valence-electron chi connectivity index (χ2n) is 12.8. The van der Waals surface area contributed by atoms with E-state index in [0.717, 1.165) is 35.1 Å². The molecule has 1 saturated carbocycles. The van der Waals surface area contributed by atoms with E-state index in [1.807, 2.05) is 73.6 Å². The highest BCUT2D eigenvalue weighted by atomic mass is 35.5. The quantitative estimate of drug-likeness (QED) is 0.156. The molecule has 0 bridgehead atoms. The first kappa shape index (κ1) is 36.9. The molecule has 13 nitrogen and oxygen atoms in total. The summed E-state index contributed by atoms with van der Waals surface area (Å²) in [5.41, 5.74) is 16.7. The molecule has 5 N–H and O–H groups in total. The van der Waals surface area contributed by atoms with Crippen LogP contribution in [-0.4, -0.2) is 69.1 Å². The zero-order valence-electron chi connectivity index (χ0n) is 28.7. The van der Waals surface area contributed by atoms with Crippen molar-refractivity contribution in [3.8, 4) is 28.4 Å². The van der Waals surface area contributed by atoms with Gasteiger partial charge in [0, 0.05) is 43.9 Å². The predicted octanol–water partition coefficient (Wildman–Crippen LogP) is 4.59. The van der Waals surface area contributed by atoms with Crippen molar-refractivity contribution in [3.63, 3.8) is 0 Å². The van der Waals surface area contributed by atoms with Crippen LogP contribution in [0.3, 0.4) is 0 Å². The molecule has 6 rings (SSSR count). The van der Waals surface area contributed by atoms with Gasteiger partial charge in [-0.05, 0) is 84.3 Å². The first-order chi connectivity index (χ1) is 24.3. The Balaban J connectivity index is 0.00000504. The number of benzene rings is 3. The number of carbonyl (C=O) groups excluding carboxylic acids is 2. The van der Waals surface area contributed by atoms with E-state index in [4.69, 9.17) is 21.2 Å². The fourth-order valence-corrected chi connectivity index (χ4v) is 6.37. The standard InChI is InChI=1S/C37H42N10O3.ClH/c1-46(2)37-40-22-31(35(41-37)50-23-25-7-4-3-5-8-25)29-10-6-9-26(19-29)20-32(33(39)48)47(36(49)28-13-11-24(21-38)12-14-28)30-17-15-27(16-18-30)34-42-44-45-43-34;/h3-10,15-19,22,24,28,32H,11-14,20-21,23,38H2,1-2H3,(H2,39,48)(H,42,43,44,45);1H/t24?,28?,32-;/m0./s1. The van der Waals surface area contributed by atoms with Gasteiger partial charge in [0.05, 0.1) is 5.56 Å². The maximum Gasteiger partial charge on any atom is 0.240 e. The molecule has 1 aliphatic carbocycles. The van der Waals surface area contributed by atoms with Crippen LogP contribution in [0.1, 0.15) is 36.8 Å². The highest BCUT2D eigenvalue weighted by Gasteiger charge is 2.36. The number of nitrogens with one attached hydrogen (secondary N) is 1. The lowest BCUT2D eigenvalue weighted by atomic mass is 9.81. The summed E-state index contributed by atoms with van der Waals surface area (Å²) in [4.78, 5) is 40.3. The molecule has 2 amide bonds. The number of aromatic amines is 1. The van der Waals surface area contributed by atoms with Crippen molar-refractivity contribution in [2.45, 2.75) is 44.8 Å². The molecular formula is C37H43ClN10O3. The average molecular weight is 711 g/mol. The Hall–Kier alpha value is -5.40. The van der Waals surface area contributed by atoms with Crippen molar-refractivity contribution in [2.75, 3.05) is 30.4 Å². The van der Waals surface area contributed by atoms with Crippen LogP contribution in [0.5, 0.6) is 5.88 Å².